The smallest absolute Gasteiger partial charge is 0.338 e. The predicted octanol–water partition coefficient (Wildman–Crippen LogP) is 3.98. The maximum absolute atomic E-state index is 14.3. The van der Waals surface area contributed by atoms with E-state index in [1.165, 1.54) is 11.3 Å². The Labute approximate surface area is 165 Å². The molecule has 3 aliphatic rings. The molecule has 2 aliphatic heterocycles. The first-order valence-electron chi connectivity index (χ1n) is 8.97. The third-order valence-corrected chi connectivity index (χ3v) is 6.04. The molecule has 1 fully saturated rings. The average molecular weight is 408 g/mol. The zero-order chi connectivity index (χ0) is 19.0. The van der Waals surface area contributed by atoms with Crippen LogP contribution < -0.4 is 0 Å². The van der Waals surface area contributed by atoms with Crippen molar-refractivity contribution in [3.8, 4) is 0 Å². The minimum Gasteiger partial charge on any atom is -0.463 e. The molecule has 2 unspecified atom stereocenters. The summed E-state index contributed by atoms with van der Waals surface area (Å²) in [6, 6.07) is -0.686. The number of aromatic nitrogens is 1. The Hall–Kier alpha value is -1.99. The van der Waals surface area contributed by atoms with Crippen LogP contribution in [-0.4, -0.2) is 47.1 Å². The van der Waals surface area contributed by atoms with Crippen molar-refractivity contribution >= 4 is 34.7 Å². The zero-order valence-electron chi connectivity index (χ0n) is 14.8. The summed E-state index contributed by atoms with van der Waals surface area (Å²) in [6.07, 6.45) is 5.83. The van der Waals surface area contributed by atoms with E-state index in [1.807, 2.05) is 10.3 Å². The molecule has 0 amide bonds. The first kappa shape index (κ1) is 18.4. The van der Waals surface area contributed by atoms with Crippen molar-refractivity contribution < 1.29 is 13.9 Å². The van der Waals surface area contributed by atoms with Crippen molar-refractivity contribution in [1.82, 2.24) is 9.88 Å². The number of rotatable bonds is 4. The van der Waals surface area contributed by atoms with Gasteiger partial charge in [0, 0.05) is 30.2 Å². The van der Waals surface area contributed by atoms with Crippen LogP contribution in [0.4, 0.5) is 4.39 Å². The maximum atomic E-state index is 14.3. The van der Waals surface area contributed by atoms with Gasteiger partial charge in [0.15, 0.2) is 10.8 Å². The Morgan fingerprint density at radius 3 is 3.11 bits per heavy atom. The number of allylic oxidation sites excluding steroid dienone is 3. The van der Waals surface area contributed by atoms with E-state index in [2.05, 4.69) is 4.98 Å². The molecule has 0 aromatic carbocycles. The summed E-state index contributed by atoms with van der Waals surface area (Å²) in [5, 5.41) is 2.77. The van der Waals surface area contributed by atoms with Gasteiger partial charge in [-0.15, -0.1) is 11.3 Å². The number of fused-ring (bicyclic) bond motifs is 1. The Morgan fingerprint density at radius 1 is 1.52 bits per heavy atom. The number of hydrogen-bond donors (Lipinski definition) is 0. The Balaban J connectivity index is 1.88. The fraction of sp³-hybridized carbons (Fsp3) is 0.421. The molecule has 3 heterocycles. The van der Waals surface area contributed by atoms with Gasteiger partial charge >= 0.3 is 5.97 Å². The van der Waals surface area contributed by atoms with Gasteiger partial charge in [-0.1, -0.05) is 23.8 Å². The highest BCUT2D eigenvalue weighted by Gasteiger charge is 2.40. The van der Waals surface area contributed by atoms with Gasteiger partial charge in [-0.2, -0.15) is 0 Å². The lowest BCUT2D eigenvalue weighted by Gasteiger charge is -2.33. The fourth-order valence-corrected chi connectivity index (χ4v) is 4.57. The molecule has 0 radical (unpaired) electrons. The molecule has 2 atom stereocenters. The third-order valence-electron chi connectivity index (χ3n) is 4.82. The Bertz CT molecular complexity index is 876. The molecule has 1 aromatic heterocycles. The molecule has 5 nitrogen and oxygen atoms in total. The summed E-state index contributed by atoms with van der Waals surface area (Å²) in [5.41, 5.74) is 1.86. The lowest BCUT2D eigenvalue weighted by Crippen LogP contribution is -2.38. The third kappa shape index (κ3) is 3.23. The summed E-state index contributed by atoms with van der Waals surface area (Å²) >= 11 is 7.80. The Kier molecular flexibility index (Phi) is 5.14. The molecule has 8 heteroatoms. The van der Waals surface area contributed by atoms with E-state index in [0.717, 1.165) is 30.1 Å². The second kappa shape index (κ2) is 7.56. The van der Waals surface area contributed by atoms with Gasteiger partial charge in [0.2, 0.25) is 0 Å². The summed E-state index contributed by atoms with van der Waals surface area (Å²) in [5.74, 6) is 0.291. The number of hydrogen-bond acceptors (Lipinski definition) is 6. The van der Waals surface area contributed by atoms with E-state index in [4.69, 9.17) is 21.3 Å². The van der Waals surface area contributed by atoms with E-state index in [9.17, 15) is 9.18 Å². The largest absolute Gasteiger partial charge is 0.463 e. The summed E-state index contributed by atoms with van der Waals surface area (Å²) < 4.78 is 19.6. The van der Waals surface area contributed by atoms with Gasteiger partial charge in [-0.05, 0) is 25.3 Å². The molecule has 1 aliphatic carbocycles. The van der Waals surface area contributed by atoms with Crippen molar-refractivity contribution in [2.24, 2.45) is 4.99 Å². The van der Waals surface area contributed by atoms with Crippen LogP contribution in [0.1, 0.15) is 31.2 Å². The quantitative estimate of drug-likeness (QED) is 0.708. The number of esters is 1. The van der Waals surface area contributed by atoms with Gasteiger partial charge in [0.25, 0.3) is 0 Å². The minimum atomic E-state index is -1.28. The molecule has 0 saturated carbocycles. The fourth-order valence-electron chi connectivity index (χ4n) is 3.67. The molecule has 0 spiro atoms. The van der Waals surface area contributed by atoms with Crippen molar-refractivity contribution in [2.45, 2.75) is 38.4 Å². The van der Waals surface area contributed by atoms with E-state index in [1.54, 1.807) is 25.3 Å². The van der Waals surface area contributed by atoms with Crippen LogP contribution in [0.3, 0.4) is 0 Å². The van der Waals surface area contributed by atoms with Crippen LogP contribution in [0.5, 0.6) is 0 Å². The number of carbonyl (C=O) groups excluding carboxylic acids is 1. The molecule has 142 valence electrons. The van der Waals surface area contributed by atoms with E-state index >= 15 is 0 Å². The molecule has 0 bridgehead atoms. The topological polar surface area (TPSA) is 54.8 Å². The predicted molar refractivity (Wildman–Crippen MR) is 104 cm³/mol. The number of carbonyl (C=O) groups is 1. The van der Waals surface area contributed by atoms with Crippen molar-refractivity contribution in [3.63, 3.8) is 0 Å². The van der Waals surface area contributed by atoms with Crippen molar-refractivity contribution in [1.29, 1.82) is 0 Å². The lowest BCUT2D eigenvalue weighted by atomic mass is 9.90. The van der Waals surface area contributed by atoms with Crippen LogP contribution in [0.25, 0.3) is 0 Å². The zero-order valence-corrected chi connectivity index (χ0v) is 16.4. The van der Waals surface area contributed by atoms with E-state index in [0.29, 0.717) is 17.0 Å². The maximum Gasteiger partial charge on any atom is 0.338 e. The molecule has 1 saturated heterocycles. The summed E-state index contributed by atoms with van der Waals surface area (Å²) in [6.45, 7) is 2.79. The highest BCUT2D eigenvalue weighted by Crippen LogP contribution is 2.39. The second-order valence-corrected chi connectivity index (χ2v) is 7.74. The van der Waals surface area contributed by atoms with Crippen molar-refractivity contribution in [2.75, 3.05) is 13.2 Å². The minimum absolute atomic E-state index is 0.110. The average Bonchev–Trinajstić information content (AvgIpc) is 3.34. The number of alkyl halides is 1. The highest BCUT2D eigenvalue weighted by atomic mass is 35.5. The van der Waals surface area contributed by atoms with Gasteiger partial charge in [-0.3, -0.25) is 4.99 Å². The van der Waals surface area contributed by atoms with Crippen LogP contribution in [-0.2, 0) is 9.53 Å². The van der Waals surface area contributed by atoms with Gasteiger partial charge in [0.1, 0.15) is 12.2 Å². The van der Waals surface area contributed by atoms with Crippen LogP contribution >= 0.6 is 22.9 Å². The lowest BCUT2D eigenvalue weighted by molar-refractivity contribution is -0.138. The van der Waals surface area contributed by atoms with Crippen LogP contribution in [0.2, 0.25) is 0 Å². The number of aliphatic imine (C=N–C) groups is 1. The van der Waals surface area contributed by atoms with E-state index < -0.39 is 18.2 Å². The molecular weight excluding hydrogens is 389 g/mol. The molecular formula is C19H19ClFN3O2S. The molecule has 4 rings (SSSR count). The number of ether oxygens (including phenoxy) is 1. The molecule has 1 aromatic rings. The molecule has 27 heavy (non-hydrogen) atoms. The first-order valence-corrected chi connectivity index (χ1v) is 10.2. The Morgan fingerprint density at radius 2 is 2.37 bits per heavy atom. The standard InChI is InChI=1S/C19H19ClFN3O2S/c1-2-26-19(25)14-13-7-4-9-24(13)17(18-22-8-10-27-18)23-16(14)11-5-3-6-12(21)15(11)20/h3,5,8,10,12,16H,2,4,6-7,9H2,1H3. The van der Waals surface area contributed by atoms with Gasteiger partial charge in [0.05, 0.1) is 17.2 Å². The van der Waals surface area contributed by atoms with Crippen molar-refractivity contribution in [3.05, 3.63) is 50.6 Å². The second-order valence-electron chi connectivity index (χ2n) is 6.44. The summed E-state index contributed by atoms with van der Waals surface area (Å²) in [4.78, 5) is 24.1. The number of thiazole rings is 1. The highest BCUT2D eigenvalue weighted by molar-refractivity contribution is 7.11. The van der Waals surface area contributed by atoms with Gasteiger partial charge in [-0.25, -0.2) is 14.2 Å². The first-order chi connectivity index (χ1) is 13.1. The normalized spacial score (nSPS) is 25.0. The molecule has 0 N–H and O–H groups in total. The van der Waals surface area contributed by atoms with Crippen LogP contribution in [0, 0.1) is 0 Å². The number of amidine groups is 1. The SMILES string of the molecule is CCOC(=O)C1=C2CCCN2C(c2nccs2)=NC1C1=C(Cl)C(F)CC=C1. The summed E-state index contributed by atoms with van der Waals surface area (Å²) in [7, 11) is 0. The van der Waals surface area contributed by atoms with E-state index in [-0.39, 0.29) is 18.1 Å². The van der Waals surface area contributed by atoms with Gasteiger partial charge < -0.3 is 9.64 Å². The number of halogens is 2. The van der Waals surface area contributed by atoms with Crippen LogP contribution in [0.15, 0.2) is 50.6 Å². The number of nitrogens with zero attached hydrogens (tertiary/aromatic N) is 3. The monoisotopic (exact) mass is 407 g/mol.